The molecule has 6 aliphatic heterocycles. The quantitative estimate of drug-likeness (QED) is 0.0929. The lowest BCUT2D eigenvalue weighted by Gasteiger charge is -2.22. The predicted octanol–water partition coefficient (Wildman–Crippen LogP) is 6.88. The molecule has 8 N–H and O–H groups in total. The molecule has 0 unspecified atom stereocenters. The molecule has 4 saturated heterocycles. The van der Waals surface area contributed by atoms with Gasteiger partial charge < -0.3 is 60.0 Å². The highest BCUT2D eigenvalue weighted by Crippen LogP contribution is 2.42. The molecule has 2 amide bonds. The molecule has 20 nitrogen and oxygen atoms in total. The van der Waals surface area contributed by atoms with Crippen molar-refractivity contribution in [1.29, 1.82) is 0 Å². The zero-order valence-electron chi connectivity index (χ0n) is 37.9. The van der Waals surface area contributed by atoms with Crippen molar-refractivity contribution >= 4 is 68.1 Å². The number of anilines is 6. The average Bonchev–Trinajstić information content (AvgIpc) is 4.19. The first kappa shape index (κ1) is 45.1. The SMILES string of the molecule is Cc1c(-c2cc3cc(NC(=O)O[C@@H]4CO[C@H]5OCC[C@H]54)ncc3c(N)c2F)cnc2c1NCCO2.Cc1c(-c2cc3cc(NC(=O)O[C@H]4CO[C@@H]5OCC[C@@H]54)ncc3c(N)c2F)cnc2c1NCCO2. The Bertz CT molecular complexity index is 2870. The first-order chi connectivity index (χ1) is 34.0. The fraction of sp³-hybridized carbons (Fsp3) is 0.375. The Hall–Kier alpha value is -7.40. The number of pyridine rings is 4. The van der Waals surface area contributed by atoms with Gasteiger partial charge in [-0.1, -0.05) is 0 Å². The summed E-state index contributed by atoms with van der Waals surface area (Å²) in [6, 6.07) is 6.60. The van der Waals surface area contributed by atoms with E-state index in [1.165, 1.54) is 12.4 Å². The largest absolute Gasteiger partial charge is 0.474 e. The number of halogens is 2. The van der Waals surface area contributed by atoms with E-state index in [1.54, 1.807) is 36.7 Å². The Morgan fingerprint density at radius 2 is 1.06 bits per heavy atom. The van der Waals surface area contributed by atoms with Crippen LogP contribution in [0.1, 0.15) is 24.0 Å². The lowest BCUT2D eigenvalue weighted by atomic mass is 9.97. The number of nitrogens with zero attached hydrogens (tertiary/aromatic N) is 4. The van der Waals surface area contributed by atoms with Crippen LogP contribution in [-0.4, -0.2) is 110 Å². The summed E-state index contributed by atoms with van der Waals surface area (Å²) in [5.41, 5.74) is 17.1. The van der Waals surface area contributed by atoms with Gasteiger partial charge in [0, 0.05) is 70.9 Å². The van der Waals surface area contributed by atoms with Gasteiger partial charge in [-0.05, 0) is 72.9 Å². The number of carbonyl (C=O) groups excluding carboxylic acids is 2. The van der Waals surface area contributed by atoms with Crippen molar-refractivity contribution in [1.82, 2.24) is 19.9 Å². The molecule has 6 aromatic rings. The number of aromatic nitrogens is 4. The Morgan fingerprint density at radius 3 is 1.50 bits per heavy atom. The van der Waals surface area contributed by atoms with Crippen LogP contribution in [0, 0.1) is 37.3 Å². The van der Waals surface area contributed by atoms with Crippen molar-refractivity contribution in [3.8, 4) is 34.0 Å². The normalized spacial score (nSPS) is 22.7. The summed E-state index contributed by atoms with van der Waals surface area (Å²) in [6.07, 6.45) is 4.90. The lowest BCUT2D eigenvalue weighted by molar-refractivity contribution is -0.0909. The fourth-order valence-electron chi connectivity index (χ4n) is 9.75. The van der Waals surface area contributed by atoms with Gasteiger partial charge in [-0.2, -0.15) is 0 Å². The summed E-state index contributed by atoms with van der Waals surface area (Å²) in [6.45, 7) is 7.83. The third-order valence-corrected chi connectivity index (χ3v) is 13.4. The van der Waals surface area contributed by atoms with Gasteiger partial charge in [0.25, 0.3) is 0 Å². The third-order valence-electron chi connectivity index (χ3n) is 13.4. The molecule has 6 aliphatic rings. The first-order valence-corrected chi connectivity index (χ1v) is 22.9. The number of hydrogen-bond donors (Lipinski definition) is 6. The van der Waals surface area contributed by atoms with Crippen LogP contribution in [0.2, 0.25) is 0 Å². The second kappa shape index (κ2) is 18.5. The number of carbonyl (C=O) groups is 2. The second-order valence-corrected chi connectivity index (χ2v) is 17.6. The monoisotopic (exact) mass is 962 g/mol. The van der Waals surface area contributed by atoms with Gasteiger partial charge in [0.15, 0.2) is 24.2 Å². The smallest absolute Gasteiger partial charge is 0.413 e. The van der Waals surface area contributed by atoms with Crippen LogP contribution < -0.4 is 42.2 Å². The number of nitrogens with one attached hydrogen (secondary N) is 4. The number of ether oxygens (including phenoxy) is 8. The van der Waals surface area contributed by atoms with Gasteiger partial charge in [0.1, 0.15) is 48.4 Å². The van der Waals surface area contributed by atoms with Crippen molar-refractivity contribution in [2.75, 3.05) is 85.5 Å². The summed E-state index contributed by atoms with van der Waals surface area (Å²) in [7, 11) is 0. The highest BCUT2D eigenvalue weighted by Gasteiger charge is 2.45. The van der Waals surface area contributed by atoms with Crippen LogP contribution in [0.15, 0.2) is 49.1 Å². The summed E-state index contributed by atoms with van der Waals surface area (Å²) in [5, 5.41) is 13.9. The van der Waals surface area contributed by atoms with Gasteiger partial charge >= 0.3 is 12.2 Å². The molecule has 12 rings (SSSR count). The van der Waals surface area contributed by atoms with Gasteiger partial charge in [0.05, 0.1) is 49.6 Å². The van der Waals surface area contributed by atoms with Gasteiger partial charge in [-0.25, -0.2) is 38.3 Å². The molecule has 4 fully saturated rings. The molecule has 10 heterocycles. The van der Waals surface area contributed by atoms with E-state index >= 15 is 8.78 Å². The van der Waals surface area contributed by atoms with E-state index in [2.05, 4.69) is 41.2 Å². The van der Waals surface area contributed by atoms with Crippen molar-refractivity contribution in [2.24, 2.45) is 11.8 Å². The fourth-order valence-corrected chi connectivity index (χ4v) is 9.75. The molecular formula is C48H48F2N10O10. The van der Waals surface area contributed by atoms with E-state index < -0.39 is 23.8 Å². The maximum atomic E-state index is 15.3. The molecule has 70 heavy (non-hydrogen) atoms. The van der Waals surface area contributed by atoms with E-state index in [0.29, 0.717) is 108 Å². The third kappa shape index (κ3) is 8.35. The van der Waals surface area contributed by atoms with E-state index in [0.717, 1.165) is 35.3 Å². The summed E-state index contributed by atoms with van der Waals surface area (Å²) >= 11 is 0. The second-order valence-electron chi connectivity index (χ2n) is 17.6. The molecule has 22 heteroatoms. The van der Waals surface area contributed by atoms with E-state index in [4.69, 9.17) is 49.4 Å². The van der Waals surface area contributed by atoms with Crippen LogP contribution in [0.4, 0.5) is 52.8 Å². The van der Waals surface area contributed by atoms with Crippen molar-refractivity contribution in [2.45, 2.75) is 51.5 Å². The van der Waals surface area contributed by atoms with E-state index in [9.17, 15) is 9.59 Å². The van der Waals surface area contributed by atoms with E-state index in [-0.39, 0.29) is 59.6 Å². The Morgan fingerprint density at radius 1 is 0.614 bits per heavy atom. The first-order valence-electron chi connectivity index (χ1n) is 22.9. The number of amides is 2. The summed E-state index contributed by atoms with van der Waals surface area (Å²) < 4.78 is 74.8. The molecule has 0 bridgehead atoms. The minimum absolute atomic E-state index is 0.0315. The maximum absolute atomic E-state index is 15.3. The minimum Gasteiger partial charge on any atom is -0.474 e. The highest BCUT2D eigenvalue weighted by molar-refractivity contribution is 6.01. The number of nitrogens with two attached hydrogens (primary N) is 2. The topological polar surface area (TPSA) is 260 Å². The molecule has 4 aromatic heterocycles. The van der Waals surface area contributed by atoms with Crippen LogP contribution in [0.5, 0.6) is 11.8 Å². The molecule has 0 radical (unpaired) electrons. The Balaban J connectivity index is 0.000000152. The summed E-state index contributed by atoms with van der Waals surface area (Å²) in [4.78, 5) is 42.1. The van der Waals surface area contributed by atoms with E-state index in [1.807, 2.05) is 13.8 Å². The van der Waals surface area contributed by atoms with Crippen molar-refractivity contribution < 1.29 is 56.3 Å². The zero-order valence-corrected chi connectivity index (χ0v) is 37.9. The van der Waals surface area contributed by atoms with Gasteiger partial charge in [-0.15, -0.1) is 0 Å². The molecule has 0 spiro atoms. The zero-order chi connectivity index (χ0) is 48.2. The number of rotatable bonds is 6. The molecular weight excluding hydrogens is 915 g/mol. The molecule has 0 saturated carbocycles. The van der Waals surface area contributed by atoms with Gasteiger partial charge in [0.2, 0.25) is 11.8 Å². The highest BCUT2D eigenvalue weighted by atomic mass is 19.1. The standard InChI is InChI=1S/2C24H24FN5O5/c2*1-11-15(8-29-22-21(11)27-3-5-32-22)14-6-12-7-18(28-9-16(12)20(26)19(14)25)30-24(31)35-17-10-34-23-13(17)2-4-33-23/h2*6-9,13,17,23,27H,2-5,10,26H2,1H3,(H,28,30,31)/t2*13-,17+,23+/m10/s1. The number of nitrogen functional groups attached to an aromatic ring is 2. The lowest BCUT2D eigenvalue weighted by Crippen LogP contribution is -2.28. The predicted molar refractivity (Wildman–Crippen MR) is 252 cm³/mol. The molecule has 2 aromatic carbocycles. The molecule has 0 aliphatic carbocycles. The number of hydrogen-bond acceptors (Lipinski definition) is 18. The van der Waals surface area contributed by atoms with Crippen LogP contribution in [0.25, 0.3) is 43.8 Å². The van der Waals surface area contributed by atoms with Crippen LogP contribution in [-0.2, 0) is 28.4 Å². The number of fused-ring (bicyclic) bond motifs is 6. The Kier molecular flexibility index (Phi) is 11.9. The molecule has 6 atom stereocenters. The molecule has 364 valence electrons. The van der Waals surface area contributed by atoms with Crippen LogP contribution >= 0.6 is 0 Å². The van der Waals surface area contributed by atoms with Crippen molar-refractivity contribution in [3.63, 3.8) is 0 Å². The maximum Gasteiger partial charge on any atom is 0.413 e. The minimum atomic E-state index is -0.644. The number of benzene rings is 2. The van der Waals surface area contributed by atoms with Crippen LogP contribution in [0.3, 0.4) is 0 Å². The Labute approximate surface area is 398 Å². The summed E-state index contributed by atoms with van der Waals surface area (Å²) in [5.74, 6) is 0.438. The van der Waals surface area contributed by atoms with Crippen molar-refractivity contribution in [3.05, 3.63) is 71.8 Å². The average molecular weight is 963 g/mol. The van der Waals surface area contributed by atoms with Gasteiger partial charge in [-0.3, -0.25) is 10.6 Å².